The Morgan fingerprint density at radius 1 is 0.952 bits per heavy atom. The minimum Gasteiger partial charge on any atom is -0.384 e. The summed E-state index contributed by atoms with van der Waals surface area (Å²) in [6, 6.07) is 6.98. The lowest BCUT2D eigenvalue weighted by Gasteiger charge is -2.16. The van der Waals surface area contributed by atoms with Crippen LogP contribution in [0.5, 0.6) is 0 Å². The average molecular weight is 298 g/mol. The molecule has 0 fully saturated rings. The number of aryl methyl sites for hydroxylation is 2. The van der Waals surface area contributed by atoms with E-state index in [4.69, 9.17) is 0 Å². The van der Waals surface area contributed by atoms with Crippen LogP contribution in [0, 0.1) is 19.7 Å². The number of benzene rings is 2. The van der Waals surface area contributed by atoms with Crippen molar-refractivity contribution in [2.24, 2.45) is 0 Å². The van der Waals surface area contributed by atoms with Gasteiger partial charge in [-0.1, -0.05) is 18.2 Å². The molecule has 1 atom stereocenters. The molecule has 21 heavy (non-hydrogen) atoms. The number of rotatable bonds is 2. The molecule has 1 nitrogen and oxygen atoms in total. The molecule has 112 valence electrons. The lowest BCUT2D eigenvalue weighted by molar-refractivity contribution is -0.137. The van der Waals surface area contributed by atoms with Crippen LogP contribution in [0.2, 0.25) is 0 Å². The molecule has 0 radical (unpaired) electrons. The Labute approximate surface area is 119 Å². The van der Waals surface area contributed by atoms with Gasteiger partial charge in [0.25, 0.3) is 0 Å². The number of hydrogen-bond acceptors (Lipinski definition) is 1. The minimum absolute atomic E-state index is 0.358. The van der Waals surface area contributed by atoms with Crippen molar-refractivity contribution in [2.45, 2.75) is 26.1 Å². The van der Waals surface area contributed by atoms with Crippen molar-refractivity contribution in [3.05, 3.63) is 70.0 Å². The van der Waals surface area contributed by atoms with E-state index in [1.807, 2.05) is 13.8 Å². The molecule has 0 heterocycles. The highest BCUT2D eigenvalue weighted by atomic mass is 19.4. The smallest absolute Gasteiger partial charge is 0.384 e. The maximum Gasteiger partial charge on any atom is 0.416 e. The average Bonchev–Trinajstić information content (AvgIpc) is 2.40. The van der Waals surface area contributed by atoms with Gasteiger partial charge in [0, 0.05) is 5.56 Å². The Hall–Kier alpha value is -1.88. The Morgan fingerprint density at radius 3 is 2.19 bits per heavy atom. The first-order chi connectivity index (χ1) is 9.70. The van der Waals surface area contributed by atoms with Gasteiger partial charge in [-0.2, -0.15) is 13.2 Å². The summed E-state index contributed by atoms with van der Waals surface area (Å²) in [5.41, 5.74) is 0.848. The van der Waals surface area contributed by atoms with E-state index < -0.39 is 23.7 Å². The van der Waals surface area contributed by atoms with Crippen molar-refractivity contribution < 1.29 is 22.7 Å². The van der Waals surface area contributed by atoms with Crippen LogP contribution >= 0.6 is 0 Å². The van der Waals surface area contributed by atoms with Gasteiger partial charge in [-0.15, -0.1) is 0 Å². The van der Waals surface area contributed by atoms with Gasteiger partial charge in [0.2, 0.25) is 0 Å². The van der Waals surface area contributed by atoms with Gasteiger partial charge in [-0.05, 0) is 48.7 Å². The molecule has 0 saturated carbocycles. The summed E-state index contributed by atoms with van der Waals surface area (Å²) < 4.78 is 51.8. The Morgan fingerprint density at radius 2 is 1.62 bits per heavy atom. The van der Waals surface area contributed by atoms with E-state index in [0.717, 1.165) is 17.2 Å². The zero-order valence-corrected chi connectivity index (χ0v) is 11.5. The zero-order chi connectivity index (χ0) is 15.8. The Kier molecular flexibility index (Phi) is 4.05. The topological polar surface area (TPSA) is 20.2 Å². The summed E-state index contributed by atoms with van der Waals surface area (Å²) in [7, 11) is 0. The summed E-state index contributed by atoms with van der Waals surface area (Å²) >= 11 is 0. The molecule has 0 amide bonds. The van der Waals surface area contributed by atoms with Crippen molar-refractivity contribution in [1.82, 2.24) is 0 Å². The predicted molar refractivity (Wildman–Crippen MR) is 71.4 cm³/mol. The van der Waals surface area contributed by atoms with Crippen LogP contribution in [0.25, 0.3) is 0 Å². The second kappa shape index (κ2) is 5.48. The van der Waals surface area contributed by atoms with Gasteiger partial charge in [0.05, 0.1) is 5.56 Å². The van der Waals surface area contributed by atoms with Crippen LogP contribution in [0.1, 0.15) is 33.9 Å². The molecule has 0 aromatic heterocycles. The molecular weight excluding hydrogens is 284 g/mol. The number of aliphatic hydroxyl groups is 1. The predicted octanol–water partition coefficient (Wildman–Crippen LogP) is 4.54. The van der Waals surface area contributed by atoms with Crippen LogP contribution in [0.3, 0.4) is 0 Å². The van der Waals surface area contributed by atoms with E-state index in [1.54, 1.807) is 18.2 Å². The minimum atomic E-state index is -4.58. The maximum absolute atomic E-state index is 13.7. The van der Waals surface area contributed by atoms with Gasteiger partial charge in [0.1, 0.15) is 11.9 Å². The zero-order valence-electron chi connectivity index (χ0n) is 11.5. The normalized spacial score (nSPS) is 13.3. The van der Waals surface area contributed by atoms with E-state index >= 15 is 0 Å². The van der Waals surface area contributed by atoms with E-state index in [0.29, 0.717) is 17.7 Å². The van der Waals surface area contributed by atoms with Gasteiger partial charge in [-0.25, -0.2) is 4.39 Å². The molecule has 1 N–H and O–H groups in total. The first-order valence-corrected chi connectivity index (χ1v) is 6.32. The number of halogens is 4. The molecule has 0 aliphatic heterocycles. The van der Waals surface area contributed by atoms with Crippen LogP contribution in [-0.4, -0.2) is 5.11 Å². The fourth-order valence-electron chi connectivity index (χ4n) is 2.04. The molecule has 1 unspecified atom stereocenters. The highest BCUT2D eigenvalue weighted by Crippen LogP contribution is 2.33. The Balaban J connectivity index is 2.47. The fourth-order valence-corrected chi connectivity index (χ4v) is 2.04. The summed E-state index contributed by atoms with van der Waals surface area (Å²) in [6.07, 6.45) is -6.02. The van der Waals surface area contributed by atoms with Crippen molar-refractivity contribution in [3.8, 4) is 0 Å². The number of aliphatic hydroxyl groups excluding tert-OH is 1. The lowest BCUT2D eigenvalue weighted by atomic mass is 9.96. The highest BCUT2D eigenvalue weighted by molar-refractivity contribution is 5.38. The van der Waals surface area contributed by atoms with E-state index in [-0.39, 0.29) is 5.56 Å². The fraction of sp³-hybridized carbons (Fsp3) is 0.250. The molecule has 0 bridgehead atoms. The number of hydrogen-bond donors (Lipinski definition) is 1. The van der Waals surface area contributed by atoms with Crippen molar-refractivity contribution in [3.63, 3.8) is 0 Å². The third kappa shape index (κ3) is 3.24. The molecule has 5 heteroatoms. The second-order valence-corrected chi connectivity index (χ2v) is 4.98. The molecule has 2 aromatic rings. The van der Waals surface area contributed by atoms with Crippen LogP contribution < -0.4 is 0 Å². The number of alkyl halides is 3. The maximum atomic E-state index is 13.7. The van der Waals surface area contributed by atoms with E-state index in [2.05, 4.69) is 0 Å². The van der Waals surface area contributed by atoms with Crippen molar-refractivity contribution in [2.75, 3.05) is 0 Å². The molecule has 0 aliphatic carbocycles. The van der Waals surface area contributed by atoms with Gasteiger partial charge < -0.3 is 5.11 Å². The van der Waals surface area contributed by atoms with Gasteiger partial charge >= 0.3 is 6.18 Å². The van der Waals surface area contributed by atoms with Gasteiger partial charge in [0.15, 0.2) is 0 Å². The Bertz CT molecular complexity index is 662. The molecule has 2 rings (SSSR count). The van der Waals surface area contributed by atoms with Crippen LogP contribution in [0.4, 0.5) is 17.6 Å². The largest absolute Gasteiger partial charge is 0.416 e. The van der Waals surface area contributed by atoms with Crippen molar-refractivity contribution in [1.29, 1.82) is 0 Å². The van der Waals surface area contributed by atoms with Crippen LogP contribution in [-0.2, 0) is 6.18 Å². The molecular formula is C16H14F4O. The molecule has 0 spiro atoms. The summed E-state index contributed by atoms with van der Waals surface area (Å²) in [4.78, 5) is 0. The summed E-state index contributed by atoms with van der Waals surface area (Å²) in [6.45, 7) is 3.68. The monoisotopic (exact) mass is 298 g/mol. The third-order valence-electron chi connectivity index (χ3n) is 3.46. The lowest BCUT2D eigenvalue weighted by Crippen LogP contribution is -2.09. The third-order valence-corrected chi connectivity index (χ3v) is 3.46. The van der Waals surface area contributed by atoms with E-state index in [1.165, 1.54) is 0 Å². The first kappa shape index (κ1) is 15.5. The molecule has 2 aromatic carbocycles. The SMILES string of the molecule is Cc1ccc(C(O)c2cc(C(F)(F)F)ccc2F)cc1C. The molecule has 0 saturated heterocycles. The highest BCUT2D eigenvalue weighted by Gasteiger charge is 2.32. The second-order valence-electron chi connectivity index (χ2n) is 4.98. The first-order valence-electron chi connectivity index (χ1n) is 6.32. The quantitative estimate of drug-likeness (QED) is 0.807. The standard InChI is InChI=1S/C16H14F4O/c1-9-3-4-11(7-10(9)2)15(21)13-8-12(16(18,19)20)5-6-14(13)17/h3-8,15,21H,1-2H3. The summed E-state index contributed by atoms with van der Waals surface area (Å²) in [5.74, 6) is -0.867. The van der Waals surface area contributed by atoms with Crippen LogP contribution in [0.15, 0.2) is 36.4 Å². The molecule has 0 aliphatic rings. The summed E-state index contributed by atoms with van der Waals surface area (Å²) in [5, 5.41) is 10.2. The van der Waals surface area contributed by atoms with Crippen molar-refractivity contribution >= 4 is 0 Å². The van der Waals surface area contributed by atoms with E-state index in [9.17, 15) is 22.7 Å². The van der Waals surface area contributed by atoms with Gasteiger partial charge in [-0.3, -0.25) is 0 Å².